The number of hydrogen-bond donors (Lipinski definition) is 1. The standard InChI is InChI=1S/C19H24F3N5O.HI/c1-14(19(20,21)22)26-8-10-27(11-9-26)18(23-2)25-13-17-24-12-16(28-17)15-6-4-3-5-7-15;/h3-7,12,14H,8-11,13H2,1-2H3,(H,23,25);1H. The fourth-order valence-corrected chi connectivity index (χ4v) is 3.14. The molecule has 160 valence electrons. The summed E-state index contributed by atoms with van der Waals surface area (Å²) in [5, 5.41) is 3.17. The van der Waals surface area contributed by atoms with Gasteiger partial charge in [0.15, 0.2) is 11.7 Å². The number of rotatable bonds is 4. The van der Waals surface area contributed by atoms with E-state index in [1.807, 2.05) is 35.2 Å². The number of nitrogens with zero attached hydrogens (tertiary/aromatic N) is 4. The molecule has 0 amide bonds. The molecule has 0 bridgehead atoms. The second kappa shape index (κ2) is 10.3. The number of aromatic nitrogens is 1. The molecule has 0 radical (unpaired) electrons. The number of aliphatic imine (C=N–C) groups is 1. The molecule has 0 saturated carbocycles. The summed E-state index contributed by atoms with van der Waals surface area (Å²) in [6.45, 7) is 3.16. The van der Waals surface area contributed by atoms with Crippen molar-refractivity contribution < 1.29 is 17.6 Å². The van der Waals surface area contributed by atoms with Crippen LogP contribution in [0, 0.1) is 0 Å². The number of halogens is 4. The van der Waals surface area contributed by atoms with E-state index in [4.69, 9.17) is 4.42 Å². The first-order valence-corrected chi connectivity index (χ1v) is 9.15. The van der Waals surface area contributed by atoms with E-state index in [0.29, 0.717) is 50.3 Å². The number of guanidine groups is 1. The molecular weight excluding hydrogens is 498 g/mol. The third kappa shape index (κ3) is 6.08. The van der Waals surface area contributed by atoms with Crippen LogP contribution in [0.15, 0.2) is 45.9 Å². The van der Waals surface area contributed by atoms with Gasteiger partial charge in [-0.05, 0) is 6.92 Å². The van der Waals surface area contributed by atoms with E-state index in [1.54, 1.807) is 13.2 Å². The molecule has 1 atom stereocenters. The van der Waals surface area contributed by atoms with Crippen LogP contribution in [0.4, 0.5) is 13.2 Å². The molecule has 2 aromatic rings. The summed E-state index contributed by atoms with van der Waals surface area (Å²) >= 11 is 0. The Bertz CT molecular complexity index is 789. The number of benzene rings is 1. The molecule has 1 aliphatic heterocycles. The fraction of sp³-hybridized carbons (Fsp3) is 0.474. The molecule has 0 aliphatic carbocycles. The lowest BCUT2D eigenvalue weighted by Crippen LogP contribution is -2.56. The monoisotopic (exact) mass is 523 g/mol. The Kier molecular flexibility index (Phi) is 8.32. The van der Waals surface area contributed by atoms with Crippen LogP contribution in [0.25, 0.3) is 11.3 Å². The minimum atomic E-state index is -4.20. The number of oxazole rings is 1. The highest BCUT2D eigenvalue weighted by molar-refractivity contribution is 14.0. The smallest absolute Gasteiger partial charge is 0.403 e. The van der Waals surface area contributed by atoms with Crippen molar-refractivity contribution in [1.82, 2.24) is 20.1 Å². The third-order valence-electron chi connectivity index (χ3n) is 4.86. The van der Waals surface area contributed by atoms with Crippen molar-refractivity contribution in [2.24, 2.45) is 4.99 Å². The lowest BCUT2D eigenvalue weighted by atomic mass is 10.2. The second-order valence-electron chi connectivity index (χ2n) is 6.63. The summed E-state index contributed by atoms with van der Waals surface area (Å²) in [6, 6.07) is 8.24. The minimum absolute atomic E-state index is 0. The van der Waals surface area contributed by atoms with Crippen LogP contribution in [0.5, 0.6) is 0 Å². The molecule has 1 unspecified atom stereocenters. The van der Waals surface area contributed by atoms with Crippen LogP contribution in [0.3, 0.4) is 0 Å². The van der Waals surface area contributed by atoms with Gasteiger partial charge < -0.3 is 14.6 Å². The quantitative estimate of drug-likeness (QED) is 0.377. The number of alkyl halides is 3. The molecular formula is C19H25F3IN5O. The van der Waals surface area contributed by atoms with Crippen molar-refractivity contribution in [3.05, 3.63) is 42.4 Å². The number of piperazine rings is 1. The molecule has 1 fully saturated rings. The van der Waals surface area contributed by atoms with Crippen LogP contribution < -0.4 is 5.32 Å². The highest BCUT2D eigenvalue weighted by Crippen LogP contribution is 2.25. The summed E-state index contributed by atoms with van der Waals surface area (Å²) in [5.74, 6) is 1.82. The Morgan fingerprint density at radius 3 is 2.45 bits per heavy atom. The second-order valence-corrected chi connectivity index (χ2v) is 6.63. The normalized spacial score (nSPS) is 17.0. The van der Waals surface area contributed by atoms with Gasteiger partial charge in [0, 0.05) is 38.8 Å². The van der Waals surface area contributed by atoms with E-state index in [9.17, 15) is 13.2 Å². The zero-order chi connectivity index (χ0) is 20.1. The van der Waals surface area contributed by atoms with Crippen LogP contribution in [-0.2, 0) is 6.54 Å². The SMILES string of the molecule is CN=C(NCc1ncc(-c2ccccc2)o1)N1CCN(C(C)C(F)(F)F)CC1.I. The van der Waals surface area contributed by atoms with Crippen molar-refractivity contribution in [3.8, 4) is 11.3 Å². The molecule has 1 saturated heterocycles. The topological polar surface area (TPSA) is 56.9 Å². The summed E-state index contributed by atoms with van der Waals surface area (Å²) in [5.41, 5.74) is 0.945. The van der Waals surface area contributed by atoms with Gasteiger partial charge in [-0.1, -0.05) is 30.3 Å². The largest absolute Gasteiger partial charge is 0.439 e. The van der Waals surface area contributed by atoms with Gasteiger partial charge in [-0.3, -0.25) is 9.89 Å². The van der Waals surface area contributed by atoms with E-state index < -0.39 is 12.2 Å². The molecule has 0 spiro atoms. The Hall–Kier alpha value is -1.82. The van der Waals surface area contributed by atoms with Crippen LogP contribution in [0.2, 0.25) is 0 Å². The maximum Gasteiger partial charge on any atom is 0.403 e. The first kappa shape index (κ1) is 23.5. The molecule has 2 heterocycles. The molecule has 1 aliphatic rings. The van der Waals surface area contributed by atoms with Gasteiger partial charge in [0.25, 0.3) is 0 Å². The van der Waals surface area contributed by atoms with E-state index in [2.05, 4.69) is 15.3 Å². The van der Waals surface area contributed by atoms with Gasteiger partial charge >= 0.3 is 6.18 Å². The van der Waals surface area contributed by atoms with Gasteiger partial charge in [-0.15, -0.1) is 24.0 Å². The van der Waals surface area contributed by atoms with Gasteiger partial charge in [0.1, 0.15) is 6.04 Å². The minimum Gasteiger partial charge on any atom is -0.439 e. The molecule has 3 rings (SSSR count). The molecule has 1 N–H and O–H groups in total. The lowest BCUT2D eigenvalue weighted by Gasteiger charge is -2.39. The van der Waals surface area contributed by atoms with Crippen molar-refractivity contribution in [1.29, 1.82) is 0 Å². The fourth-order valence-electron chi connectivity index (χ4n) is 3.14. The van der Waals surface area contributed by atoms with Gasteiger partial charge in [0.05, 0.1) is 12.7 Å². The Morgan fingerprint density at radius 1 is 1.21 bits per heavy atom. The number of hydrogen-bond acceptors (Lipinski definition) is 4. The third-order valence-corrected chi connectivity index (χ3v) is 4.86. The van der Waals surface area contributed by atoms with E-state index in [1.165, 1.54) is 11.8 Å². The molecule has 1 aromatic carbocycles. The number of nitrogens with one attached hydrogen (secondary N) is 1. The van der Waals surface area contributed by atoms with Crippen LogP contribution >= 0.6 is 24.0 Å². The summed E-state index contributed by atoms with van der Waals surface area (Å²) < 4.78 is 44.4. The predicted octanol–water partition coefficient (Wildman–Crippen LogP) is 3.60. The predicted molar refractivity (Wildman–Crippen MR) is 116 cm³/mol. The maximum atomic E-state index is 12.9. The maximum absolute atomic E-state index is 12.9. The molecule has 6 nitrogen and oxygen atoms in total. The first-order valence-electron chi connectivity index (χ1n) is 9.15. The zero-order valence-corrected chi connectivity index (χ0v) is 18.6. The average molecular weight is 523 g/mol. The van der Waals surface area contributed by atoms with Gasteiger partial charge in [-0.2, -0.15) is 13.2 Å². The molecule has 10 heteroatoms. The van der Waals surface area contributed by atoms with Gasteiger partial charge in [0.2, 0.25) is 5.89 Å². The van der Waals surface area contributed by atoms with Crippen molar-refractivity contribution in [2.45, 2.75) is 25.7 Å². The molecule has 1 aromatic heterocycles. The van der Waals surface area contributed by atoms with Gasteiger partial charge in [-0.25, -0.2) is 4.98 Å². The van der Waals surface area contributed by atoms with Crippen LogP contribution in [0.1, 0.15) is 12.8 Å². The Labute approximate surface area is 185 Å². The Balaban J connectivity index is 0.00000300. The van der Waals surface area contributed by atoms with E-state index >= 15 is 0 Å². The summed E-state index contributed by atoms with van der Waals surface area (Å²) in [4.78, 5) is 11.9. The van der Waals surface area contributed by atoms with Crippen LogP contribution in [-0.4, -0.2) is 66.2 Å². The lowest BCUT2D eigenvalue weighted by molar-refractivity contribution is -0.181. The Morgan fingerprint density at radius 2 is 1.86 bits per heavy atom. The van der Waals surface area contributed by atoms with Crippen molar-refractivity contribution in [3.63, 3.8) is 0 Å². The summed E-state index contributed by atoms with van der Waals surface area (Å²) in [7, 11) is 1.65. The van der Waals surface area contributed by atoms with Crippen molar-refractivity contribution >= 4 is 29.9 Å². The zero-order valence-electron chi connectivity index (χ0n) is 16.3. The van der Waals surface area contributed by atoms with E-state index in [-0.39, 0.29) is 24.0 Å². The van der Waals surface area contributed by atoms with Crippen molar-refractivity contribution in [2.75, 3.05) is 33.2 Å². The summed E-state index contributed by atoms with van der Waals surface area (Å²) in [6.07, 6.45) is -2.53. The molecule has 29 heavy (non-hydrogen) atoms. The average Bonchev–Trinajstić information content (AvgIpc) is 3.17. The highest BCUT2D eigenvalue weighted by Gasteiger charge is 2.41. The first-order chi connectivity index (χ1) is 13.4. The highest BCUT2D eigenvalue weighted by atomic mass is 127. The van der Waals surface area contributed by atoms with E-state index in [0.717, 1.165) is 5.56 Å².